The number of thioether (sulfide) groups is 1. The summed E-state index contributed by atoms with van der Waals surface area (Å²) >= 11 is -0.275. The minimum atomic E-state index is -4.44. The summed E-state index contributed by atoms with van der Waals surface area (Å²) in [6.07, 6.45) is 0.592. The molecule has 0 bridgehead atoms. The largest absolute Gasteiger partial charge is 0.446 e. The highest BCUT2D eigenvalue weighted by Crippen LogP contribution is 2.40. The number of rotatable bonds is 3. The van der Waals surface area contributed by atoms with Gasteiger partial charge in [0.25, 0.3) is 0 Å². The van der Waals surface area contributed by atoms with Gasteiger partial charge < -0.3 is 10.6 Å². The van der Waals surface area contributed by atoms with Gasteiger partial charge in [0, 0.05) is 11.3 Å². The Bertz CT molecular complexity index is 575. The van der Waals surface area contributed by atoms with Gasteiger partial charge in [-0.15, -0.1) is 0 Å². The Morgan fingerprint density at radius 1 is 1.43 bits per heavy atom. The molecule has 2 amide bonds. The van der Waals surface area contributed by atoms with Crippen molar-refractivity contribution in [1.29, 1.82) is 0 Å². The number of carbonyl (C=O) groups excluding carboxylic acids is 2. The highest BCUT2D eigenvalue weighted by atomic mass is 32.2. The second-order valence-electron chi connectivity index (χ2n) is 4.70. The molecule has 21 heavy (non-hydrogen) atoms. The molecule has 2 rings (SSSR count). The first-order valence-corrected chi connectivity index (χ1v) is 7.03. The van der Waals surface area contributed by atoms with Crippen molar-refractivity contribution in [1.82, 2.24) is 5.32 Å². The van der Waals surface area contributed by atoms with Crippen molar-refractivity contribution in [2.24, 2.45) is 0 Å². The lowest BCUT2D eigenvalue weighted by atomic mass is 10.2. The van der Waals surface area contributed by atoms with Crippen molar-refractivity contribution >= 4 is 29.3 Å². The van der Waals surface area contributed by atoms with E-state index in [-0.39, 0.29) is 34.7 Å². The lowest BCUT2D eigenvalue weighted by Crippen LogP contribution is -2.37. The first kappa shape index (κ1) is 15.7. The Labute approximate surface area is 123 Å². The lowest BCUT2D eigenvalue weighted by molar-refractivity contribution is -0.122. The summed E-state index contributed by atoms with van der Waals surface area (Å²) < 4.78 is 37.6. The Kier molecular flexibility index (Phi) is 4.46. The Morgan fingerprint density at radius 3 is 2.71 bits per heavy atom. The maximum Gasteiger partial charge on any atom is 0.446 e. The van der Waals surface area contributed by atoms with Crippen LogP contribution in [0.3, 0.4) is 0 Å². The molecule has 1 aromatic carbocycles. The van der Waals surface area contributed by atoms with Crippen LogP contribution in [-0.2, 0) is 9.59 Å². The number of alkyl halides is 3. The molecule has 0 saturated carbocycles. The smallest absolute Gasteiger partial charge is 0.344 e. The van der Waals surface area contributed by atoms with E-state index >= 15 is 0 Å². The lowest BCUT2D eigenvalue weighted by Gasteiger charge is -2.15. The summed E-state index contributed by atoms with van der Waals surface area (Å²) in [7, 11) is 0. The Morgan fingerprint density at radius 2 is 2.14 bits per heavy atom. The van der Waals surface area contributed by atoms with E-state index in [4.69, 9.17) is 0 Å². The first-order valence-electron chi connectivity index (χ1n) is 6.21. The van der Waals surface area contributed by atoms with E-state index < -0.39 is 17.5 Å². The fraction of sp³-hybridized carbons (Fsp3) is 0.385. The highest BCUT2D eigenvalue weighted by Gasteiger charge is 2.32. The van der Waals surface area contributed by atoms with Gasteiger partial charge in [0.15, 0.2) is 0 Å². The number of amides is 2. The SMILES string of the molecule is Cc1ccc(NC(=O)[C@H]2CCC(=O)N2)c(SC(F)(F)F)c1. The molecular formula is C13H13F3N2O2S. The molecule has 1 fully saturated rings. The van der Waals surface area contributed by atoms with E-state index in [0.29, 0.717) is 12.0 Å². The predicted molar refractivity (Wildman–Crippen MR) is 72.9 cm³/mol. The summed E-state index contributed by atoms with van der Waals surface area (Å²) in [5.74, 6) is -0.738. The van der Waals surface area contributed by atoms with Crippen LogP contribution in [0.15, 0.2) is 23.1 Å². The quantitative estimate of drug-likeness (QED) is 0.843. The summed E-state index contributed by atoms with van der Waals surface area (Å²) in [6.45, 7) is 1.67. The predicted octanol–water partition coefficient (Wildman–Crippen LogP) is 2.82. The number of nitrogens with one attached hydrogen (secondary N) is 2. The molecule has 0 aromatic heterocycles. The van der Waals surface area contributed by atoms with Gasteiger partial charge in [0.2, 0.25) is 11.8 Å². The van der Waals surface area contributed by atoms with Crippen LogP contribution in [-0.4, -0.2) is 23.4 Å². The zero-order valence-electron chi connectivity index (χ0n) is 11.1. The third kappa shape index (κ3) is 4.38. The summed E-state index contributed by atoms with van der Waals surface area (Å²) in [6, 6.07) is 3.71. The maximum absolute atomic E-state index is 12.5. The van der Waals surface area contributed by atoms with Crippen LogP contribution in [0, 0.1) is 6.92 Å². The fourth-order valence-corrected chi connectivity index (χ4v) is 2.70. The van der Waals surface area contributed by atoms with Crippen LogP contribution in [0.25, 0.3) is 0 Å². The highest BCUT2D eigenvalue weighted by molar-refractivity contribution is 8.00. The van der Waals surface area contributed by atoms with Crippen LogP contribution in [0.1, 0.15) is 18.4 Å². The monoisotopic (exact) mass is 318 g/mol. The second-order valence-corrected chi connectivity index (χ2v) is 5.80. The number of halogens is 3. The van der Waals surface area contributed by atoms with Crippen molar-refractivity contribution in [3.05, 3.63) is 23.8 Å². The maximum atomic E-state index is 12.5. The van der Waals surface area contributed by atoms with Crippen LogP contribution in [0.4, 0.5) is 18.9 Å². The molecule has 1 aromatic rings. The molecular weight excluding hydrogens is 305 g/mol. The van der Waals surface area contributed by atoms with Crippen LogP contribution >= 0.6 is 11.8 Å². The van der Waals surface area contributed by atoms with Crippen LogP contribution < -0.4 is 10.6 Å². The molecule has 0 unspecified atom stereocenters. The molecule has 0 spiro atoms. The molecule has 1 saturated heterocycles. The average Bonchev–Trinajstić information content (AvgIpc) is 2.77. The van der Waals surface area contributed by atoms with Gasteiger partial charge in [-0.25, -0.2) is 0 Å². The molecule has 1 heterocycles. The summed E-state index contributed by atoms with van der Waals surface area (Å²) in [5, 5.41) is 4.92. The van der Waals surface area contributed by atoms with Crippen molar-refractivity contribution in [2.75, 3.05) is 5.32 Å². The van der Waals surface area contributed by atoms with E-state index in [1.165, 1.54) is 12.1 Å². The Balaban J connectivity index is 2.15. The molecule has 0 radical (unpaired) electrons. The molecule has 2 N–H and O–H groups in total. The molecule has 1 atom stereocenters. The average molecular weight is 318 g/mol. The second kappa shape index (κ2) is 5.97. The molecule has 1 aliphatic heterocycles. The molecule has 0 aliphatic carbocycles. The van der Waals surface area contributed by atoms with E-state index in [0.717, 1.165) is 0 Å². The van der Waals surface area contributed by atoms with E-state index in [9.17, 15) is 22.8 Å². The van der Waals surface area contributed by atoms with E-state index in [1.54, 1.807) is 13.0 Å². The number of hydrogen-bond acceptors (Lipinski definition) is 3. The standard InChI is InChI=1S/C13H13F3N2O2S/c1-7-2-3-8(10(6-7)21-13(14,15)16)18-12(20)9-4-5-11(19)17-9/h2-3,6,9H,4-5H2,1H3,(H,17,19)(H,18,20)/t9-/m1/s1. The number of anilines is 1. The zero-order valence-corrected chi connectivity index (χ0v) is 11.9. The van der Waals surface area contributed by atoms with Gasteiger partial charge in [-0.05, 0) is 42.8 Å². The van der Waals surface area contributed by atoms with Gasteiger partial charge >= 0.3 is 5.51 Å². The normalized spacial score (nSPS) is 18.5. The first-order chi connectivity index (χ1) is 9.74. The third-order valence-corrected chi connectivity index (χ3v) is 3.72. The zero-order chi connectivity index (χ0) is 15.6. The molecule has 8 heteroatoms. The minimum absolute atomic E-state index is 0.0693. The molecule has 114 valence electrons. The number of hydrogen-bond donors (Lipinski definition) is 2. The van der Waals surface area contributed by atoms with Gasteiger partial charge in [-0.1, -0.05) is 6.07 Å². The number of benzene rings is 1. The molecule has 4 nitrogen and oxygen atoms in total. The van der Waals surface area contributed by atoms with Crippen molar-refractivity contribution < 1.29 is 22.8 Å². The Hall–Kier alpha value is -1.70. The van der Waals surface area contributed by atoms with Crippen molar-refractivity contribution in [3.63, 3.8) is 0 Å². The van der Waals surface area contributed by atoms with Gasteiger partial charge in [0.1, 0.15) is 6.04 Å². The van der Waals surface area contributed by atoms with E-state index in [2.05, 4.69) is 10.6 Å². The van der Waals surface area contributed by atoms with Gasteiger partial charge in [0.05, 0.1) is 5.69 Å². The number of carbonyl (C=O) groups is 2. The van der Waals surface area contributed by atoms with Gasteiger partial charge in [-0.2, -0.15) is 13.2 Å². The number of aryl methyl sites for hydroxylation is 1. The van der Waals surface area contributed by atoms with E-state index in [1.807, 2.05) is 0 Å². The topological polar surface area (TPSA) is 58.2 Å². The van der Waals surface area contributed by atoms with Crippen molar-refractivity contribution in [3.8, 4) is 0 Å². The summed E-state index contributed by atoms with van der Waals surface area (Å²) in [4.78, 5) is 22.9. The van der Waals surface area contributed by atoms with Crippen LogP contribution in [0.5, 0.6) is 0 Å². The minimum Gasteiger partial charge on any atom is -0.344 e. The third-order valence-electron chi connectivity index (χ3n) is 2.93. The molecule has 1 aliphatic rings. The van der Waals surface area contributed by atoms with Crippen LogP contribution in [0.2, 0.25) is 0 Å². The summed E-state index contributed by atoms with van der Waals surface area (Å²) in [5.41, 5.74) is -3.68. The van der Waals surface area contributed by atoms with Gasteiger partial charge in [-0.3, -0.25) is 9.59 Å². The van der Waals surface area contributed by atoms with Crippen molar-refractivity contribution in [2.45, 2.75) is 36.2 Å². The fourth-order valence-electron chi connectivity index (χ4n) is 1.97.